The van der Waals surface area contributed by atoms with Crippen molar-refractivity contribution >= 4 is 0 Å². The molecular weight excluding hydrogens is 294 g/mol. The first-order valence-corrected chi connectivity index (χ1v) is 6.48. The Labute approximate surface area is 124 Å². The van der Waals surface area contributed by atoms with Crippen LogP contribution < -0.4 is 0 Å². The number of aromatic nitrogens is 3. The third kappa shape index (κ3) is 3.21. The lowest BCUT2D eigenvalue weighted by atomic mass is 9.81. The number of halogens is 2. The smallest absolute Gasteiger partial charge is 0.137 e. The molecule has 0 aliphatic carbocycles. The van der Waals surface area contributed by atoms with Crippen molar-refractivity contribution in [2.75, 3.05) is 6.54 Å². The largest absolute Gasteiger partial charge is 0.383 e. The maximum Gasteiger partial charge on any atom is 0.137 e. The molecule has 2 atom stereocenters. The molecule has 116 valence electrons. The van der Waals surface area contributed by atoms with E-state index in [2.05, 4.69) is 20.1 Å². The Morgan fingerprint density at radius 1 is 1.50 bits per heavy atom. The summed E-state index contributed by atoms with van der Waals surface area (Å²) in [5.74, 6) is -2.25. The van der Waals surface area contributed by atoms with Gasteiger partial charge in [0.15, 0.2) is 0 Å². The average Bonchev–Trinajstić information content (AvgIpc) is 2.97. The number of benzene rings is 1. The molecule has 0 fully saturated rings. The highest BCUT2D eigenvalue weighted by atomic mass is 19.1. The summed E-state index contributed by atoms with van der Waals surface area (Å²) in [5.41, 5.74) is 6.60. The van der Waals surface area contributed by atoms with Crippen LogP contribution in [0.2, 0.25) is 0 Å². The molecule has 2 rings (SSSR count). The van der Waals surface area contributed by atoms with Crippen LogP contribution >= 0.6 is 0 Å². The van der Waals surface area contributed by atoms with Crippen LogP contribution in [0.1, 0.15) is 12.5 Å². The van der Waals surface area contributed by atoms with E-state index in [4.69, 9.17) is 5.53 Å². The van der Waals surface area contributed by atoms with Crippen molar-refractivity contribution < 1.29 is 13.9 Å². The molecule has 0 spiro atoms. The molecule has 7 nitrogen and oxygen atoms in total. The predicted octanol–water partition coefficient (Wildman–Crippen LogP) is 2.39. The van der Waals surface area contributed by atoms with Crippen LogP contribution in [-0.2, 0) is 12.1 Å². The van der Waals surface area contributed by atoms with Crippen LogP contribution in [0.3, 0.4) is 0 Å². The molecule has 0 amide bonds. The summed E-state index contributed by atoms with van der Waals surface area (Å²) in [5, 5.41) is 18.3. The third-order valence-corrected chi connectivity index (χ3v) is 3.50. The number of rotatable bonds is 6. The fourth-order valence-electron chi connectivity index (χ4n) is 2.22. The molecule has 9 heteroatoms. The van der Waals surface area contributed by atoms with E-state index in [9.17, 15) is 13.9 Å². The minimum atomic E-state index is -1.74. The number of aliphatic hydroxyl groups is 1. The van der Waals surface area contributed by atoms with Gasteiger partial charge in [-0.3, -0.25) is 0 Å². The molecule has 0 bridgehead atoms. The lowest BCUT2D eigenvalue weighted by Gasteiger charge is -2.34. The Morgan fingerprint density at radius 3 is 2.86 bits per heavy atom. The molecule has 2 aromatic rings. The van der Waals surface area contributed by atoms with E-state index in [1.807, 2.05) is 0 Å². The number of hydrogen-bond donors (Lipinski definition) is 1. The van der Waals surface area contributed by atoms with Gasteiger partial charge in [0.05, 0.1) is 6.54 Å². The summed E-state index contributed by atoms with van der Waals surface area (Å²) >= 11 is 0. The molecule has 22 heavy (non-hydrogen) atoms. The zero-order valence-electron chi connectivity index (χ0n) is 11.8. The molecule has 1 aromatic heterocycles. The van der Waals surface area contributed by atoms with Gasteiger partial charge in [-0.2, -0.15) is 5.10 Å². The quantitative estimate of drug-likeness (QED) is 0.503. The van der Waals surface area contributed by atoms with E-state index in [0.717, 1.165) is 6.07 Å². The Kier molecular flexibility index (Phi) is 4.69. The van der Waals surface area contributed by atoms with E-state index >= 15 is 0 Å². The van der Waals surface area contributed by atoms with Gasteiger partial charge in [-0.05, 0) is 17.5 Å². The molecule has 1 heterocycles. The fourth-order valence-corrected chi connectivity index (χ4v) is 2.22. The van der Waals surface area contributed by atoms with Crippen molar-refractivity contribution in [1.82, 2.24) is 14.8 Å². The average molecular weight is 308 g/mol. The van der Waals surface area contributed by atoms with Gasteiger partial charge < -0.3 is 5.11 Å². The van der Waals surface area contributed by atoms with Gasteiger partial charge in [0.25, 0.3) is 0 Å². The zero-order chi connectivity index (χ0) is 16.2. The van der Waals surface area contributed by atoms with Gasteiger partial charge in [-0.15, -0.1) is 0 Å². The van der Waals surface area contributed by atoms with Gasteiger partial charge in [0, 0.05) is 23.1 Å². The maximum atomic E-state index is 14.1. The minimum absolute atomic E-state index is 0.0570. The highest BCUT2D eigenvalue weighted by Crippen LogP contribution is 2.34. The van der Waals surface area contributed by atoms with Crippen LogP contribution in [-0.4, -0.2) is 26.4 Å². The standard InChI is InChI=1S/C13H14F2N6O/c1-9(5-18-20-16)13(22,6-21-8-17-7-19-21)11-3-2-10(14)4-12(11)15/h2-4,7-9,22H,5-6H2,1H3. The predicted molar refractivity (Wildman–Crippen MR) is 73.5 cm³/mol. The maximum absolute atomic E-state index is 14.1. The second-order valence-electron chi connectivity index (χ2n) is 4.96. The molecule has 2 unspecified atom stereocenters. The van der Waals surface area contributed by atoms with Crippen LogP contribution in [0.15, 0.2) is 36.0 Å². The van der Waals surface area contributed by atoms with Gasteiger partial charge >= 0.3 is 0 Å². The zero-order valence-corrected chi connectivity index (χ0v) is 11.8. The van der Waals surface area contributed by atoms with Gasteiger partial charge in [0.1, 0.15) is 29.9 Å². The number of nitrogens with zero attached hydrogens (tertiary/aromatic N) is 6. The van der Waals surface area contributed by atoms with Gasteiger partial charge in [0.2, 0.25) is 0 Å². The normalized spacial score (nSPS) is 14.9. The summed E-state index contributed by atoms with van der Waals surface area (Å²) in [6.07, 6.45) is 2.65. The fraction of sp³-hybridized carbons (Fsp3) is 0.385. The SMILES string of the molecule is CC(CN=[N+]=[N-])C(O)(Cn1cncn1)c1ccc(F)cc1F. The molecule has 0 aliphatic heterocycles. The summed E-state index contributed by atoms with van der Waals surface area (Å²) in [6, 6.07) is 2.93. The summed E-state index contributed by atoms with van der Waals surface area (Å²) < 4.78 is 28.5. The van der Waals surface area contributed by atoms with E-state index in [1.54, 1.807) is 6.92 Å². The lowest BCUT2D eigenvalue weighted by molar-refractivity contribution is -0.0357. The highest BCUT2D eigenvalue weighted by Gasteiger charge is 2.38. The molecule has 0 saturated carbocycles. The Morgan fingerprint density at radius 2 is 2.27 bits per heavy atom. The molecular formula is C13H14F2N6O. The number of hydrogen-bond acceptors (Lipinski definition) is 4. The highest BCUT2D eigenvalue weighted by molar-refractivity contribution is 5.26. The molecule has 0 saturated heterocycles. The molecule has 0 aliphatic rings. The van der Waals surface area contributed by atoms with Crippen LogP contribution in [0.5, 0.6) is 0 Å². The van der Waals surface area contributed by atoms with Crippen molar-refractivity contribution in [1.29, 1.82) is 0 Å². The lowest BCUT2D eigenvalue weighted by Crippen LogP contribution is -2.40. The Hall–Kier alpha value is -2.51. The van der Waals surface area contributed by atoms with Crippen LogP contribution in [0, 0.1) is 17.6 Å². The van der Waals surface area contributed by atoms with Crippen molar-refractivity contribution in [2.24, 2.45) is 11.0 Å². The van der Waals surface area contributed by atoms with Crippen molar-refractivity contribution in [3.05, 3.63) is 58.5 Å². The monoisotopic (exact) mass is 308 g/mol. The van der Waals surface area contributed by atoms with Crippen LogP contribution in [0.25, 0.3) is 10.4 Å². The van der Waals surface area contributed by atoms with E-state index in [1.165, 1.54) is 23.4 Å². The molecule has 1 N–H and O–H groups in total. The minimum Gasteiger partial charge on any atom is -0.383 e. The Bertz CT molecular complexity index is 686. The summed E-state index contributed by atoms with van der Waals surface area (Å²) in [6.45, 7) is 1.44. The summed E-state index contributed by atoms with van der Waals surface area (Å²) in [4.78, 5) is 6.40. The third-order valence-electron chi connectivity index (χ3n) is 3.50. The van der Waals surface area contributed by atoms with E-state index in [0.29, 0.717) is 6.07 Å². The first-order valence-electron chi connectivity index (χ1n) is 6.48. The summed E-state index contributed by atoms with van der Waals surface area (Å²) in [7, 11) is 0. The first-order chi connectivity index (χ1) is 10.5. The topological polar surface area (TPSA) is 99.7 Å². The van der Waals surface area contributed by atoms with E-state index < -0.39 is 23.2 Å². The van der Waals surface area contributed by atoms with E-state index in [-0.39, 0.29) is 18.7 Å². The van der Waals surface area contributed by atoms with Gasteiger partial charge in [-0.25, -0.2) is 18.4 Å². The second-order valence-corrected chi connectivity index (χ2v) is 4.96. The second kappa shape index (κ2) is 6.50. The molecule has 0 radical (unpaired) electrons. The van der Waals surface area contributed by atoms with Crippen molar-refractivity contribution in [3.63, 3.8) is 0 Å². The Balaban J connectivity index is 2.45. The van der Waals surface area contributed by atoms with Crippen LogP contribution in [0.4, 0.5) is 8.78 Å². The van der Waals surface area contributed by atoms with Crippen molar-refractivity contribution in [2.45, 2.75) is 19.1 Å². The van der Waals surface area contributed by atoms with Crippen molar-refractivity contribution in [3.8, 4) is 0 Å². The number of azide groups is 1. The first kappa shape index (κ1) is 15.9. The van der Waals surface area contributed by atoms with Gasteiger partial charge in [-0.1, -0.05) is 18.1 Å². The molecule has 1 aromatic carbocycles.